The Hall–Kier alpha value is -2.20. The average Bonchev–Trinajstić information content (AvgIpc) is 3.00. The van der Waals surface area contributed by atoms with E-state index in [2.05, 4.69) is 70.3 Å². The number of fused-ring (bicyclic) bond motifs is 3. The Kier molecular flexibility index (Phi) is 2.41. The lowest BCUT2D eigenvalue weighted by Crippen LogP contribution is -2.30. The van der Waals surface area contributed by atoms with Crippen molar-refractivity contribution in [1.82, 2.24) is 8.77 Å². The molecule has 0 fully saturated rings. The summed E-state index contributed by atoms with van der Waals surface area (Å²) >= 11 is 1.68. The maximum Gasteiger partial charge on any atom is 0.214 e. The van der Waals surface area contributed by atoms with Crippen molar-refractivity contribution < 1.29 is 4.57 Å². The van der Waals surface area contributed by atoms with E-state index in [9.17, 15) is 0 Å². The predicted octanol–water partition coefficient (Wildman–Crippen LogP) is 3.35. The molecule has 0 saturated heterocycles. The highest BCUT2D eigenvalue weighted by atomic mass is 32.1. The third-order valence-electron chi connectivity index (χ3n) is 3.70. The normalized spacial score (nSPS) is 11.5. The van der Waals surface area contributed by atoms with E-state index in [1.807, 2.05) is 0 Å². The molecule has 0 radical (unpaired) electrons. The monoisotopic (exact) mass is 280 g/mol. The van der Waals surface area contributed by atoms with Gasteiger partial charge in [0.15, 0.2) is 6.20 Å². The summed E-state index contributed by atoms with van der Waals surface area (Å²) in [7, 11) is 2.09. The lowest BCUT2D eigenvalue weighted by atomic mass is 10.0. The zero-order chi connectivity index (χ0) is 13.7. The minimum absolute atomic E-state index is 1.02. The number of hydrogen-bond donors (Lipinski definition) is 0. The first-order valence-corrected chi connectivity index (χ1v) is 7.39. The molecule has 3 aromatic heterocycles. The Morgan fingerprint density at radius 1 is 1.20 bits per heavy atom. The molecule has 0 bridgehead atoms. The van der Waals surface area contributed by atoms with Crippen molar-refractivity contribution in [2.45, 2.75) is 6.92 Å². The van der Waals surface area contributed by atoms with Crippen LogP contribution in [-0.2, 0) is 7.05 Å². The van der Waals surface area contributed by atoms with Crippen LogP contribution in [0, 0.1) is 6.92 Å². The van der Waals surface area contributed by atoms with Crippen LogP contribution in [0.4, 0.5) is 0 Å². The number of aryl methyl sites for hydroxylation is 2. The predicted molar refractivity (Wildman–Crippen MR) is 81.9 cm³/mol. The van der Waals surface area contributed by atoms with Gasteiger partial charge in [0, 0.05) is 17.0 Å². The summed E-state index contributed by atoms with van der Waals surface area (Å²) in [5.74, 6) is 0. The standard InChI is InChI=1S/C16H14N3S/c1-11-5-3-4-6-12(11)14-9-13-15(10-18(14)2)19-16(17-13)7-8-20-19/h3-10H,1-2H3/q+1. The fourth-order valence-corrected chi connectivity index (χ4v) is 3.43. The van der Waals surface area contributed by atoms with Crippen LogP contribution in [0.15, 0.2) is 48.0 Å². The van der Waals surface area contributed by atoms with Crippen LogP contribution in [0.3, 0.4) is 0 Å². The second-order valence-corrected chi connectivity index (χ2v) is 5.88. The van der Waals surface area contributed by atoms with Crippen LogP contribution in [0.25, 0.3) is 27.9 Å². The van der Waals surface area contributed by atoms with Gasteiger partial charge in [-0.15, -0.1) is 0 Å². The van der Waals surface area contributed by atoms with Gasteiger partial charge >= 0.3 is 0 Å². The highest BCUT2D eigenvalue weighted by Gasteiger charge is 2.17. The van der Waals surface area contributed by atoms with E-state index in [1.54, 1.807) is 11.5 Å². The highest BCUT2D eigenvalue weighted by molar-refractivity contribution is 7.05. The topological polar surface area (TPSA) is 21.2 Å². The van der Waals surface area contributed by atoms with Gasteiger partial charge in [-0.05, 0) is 24.6 Å². The molecule has 0 amide bonds. The first kappa shape index (κ1) is 11.6. The molecule has 0 atom stereocenters. The van der Waals surface area contributed by atoms with Gasteiger partial charge in [-0.2, -0.15) is 4.57 Å². The Balaban J connectivity index is 2.05. The zero-order valence-electron chi connectivity index (χ0n) is 11.4. The van der Waals surface area contributed by atoms with E-state index in [0.717, 1.165) is 16.7 Å². The van der Waals surface area contributed by atoms with Gasteiger partial charge in [-0.1, -0.05) is 29.7 Å². The maximum absolute atomic E-state index is 4.69. The van der Waals surface area contributed by atoms with Gasteiger partial charge in [0.2, 0.25) is 5.69 Å². The van der Waals surface area contributed by atoms with Crippen molar-refractivity contribution in [3.63, 3.8) is 0 Å². The average molecular weight is 280 g/mol. The second-order valence-electron chi connectivity index (χ2n) is 5.03. The first-order valence-electron chi connectivity index (χ1n) is 6.56. The Labute approximate surface area is 120 Å². The zero-order valence-corrected chi connectivity index (χ0v) is 12.2. The van der Waals surface area contributed by atoms with Gasteiger partial charge in [-0.25, -0.2) is 8.77 Å². The third-order valence-corrected chi connectivity index (χ3v) is 4.55. The van der Waals surface area contributed by atoms with E-state index in [1.165, 1.54) is 16.8 Å². The second kappa shape index (κ2) is 4.15. The van der Waals surface area contributed by atoms with Gasteiger partial charge in [0.1, 0.15) is 23.7 Å². The lowest BCUT2D eigenvalue weighted by molar-refractivity contribution is -0.659. The molecule has 0 aliphatic heterocycles. The number of imidazole rings is 1. The van der Waals surface area contributed by atoms with E-state index in [4.69, 9.17) is 4.98 Å². The molecule has 0 unspecified atom stereocenters. The molecule has 3 nitrogen and oxygen atoms in total. The summed E-state index contributed by atoms with van der Waals surface area (Å²) in [6.07, 6.45) is 2.16. The summed E-state index contributed by atoms with van der Waals surface area (Å²) in [5.41, 5.74) is 6.97. The number of rotatable bonds is 1. The number of hydrogen-bond acceptors (Lipinski definition) is 2. The van der Waals surface area contributed by atoms with E-state index < -0.39 is 0 Å². The molecule has 3 heterocycles. The molecule has 4 heteroatoms. The molecule has 1 aromatic carbocycles. The minimum atomic E-state index is 1.02. The molecule has 0 spiro atoms. The Bertz CT molecular complexity index is 933. The smallest absolute Gasteiger partial charge is 0.214 e. The molecular formula is C16H14N3S+. The molecule has 0 N–H and O–H groups in total. The van der Waals surface area contributed by atoms with Crippen LogP contribution in [0.1, 0.15) is 5.56 Å². The fourth-order valence-electron chi connectivity index (χ4n) is 2.66. The number of nitrogens with zero attached hydrogens (tertiary/aromatic N) is 3. The summed E-state index contributed by atoms with van der Waals surface area (Å²) < 4.78 is 4.34. The molecule has 0 aliphatic carbocycles. The molecular weight excluding hydrogens is 266 g/mol. The molecule has 4 rings (SSSR count). The van der Waals surface area contributed by atoms with E-state index in [0.29, 0.717) is 0 Å². The number of aromatic nitrogens is 3. The highest BCUT2D eigenvalue weighted by Crippen LogP contribution is 2.25. The summed E-state index contributed by atoms with van der Waals surface area (Å²) in [6, 6.07) is 12.7. The van der Waals surface area contributed by atoms with Crippen LogP contribution < -0.4 is 4.57 Å². The van der Waals surface area contributed by atoms with Crippen molar-refractivity contribution in [2.75, 3.05) is 0 Å². The molecule has 0 aliphatic rings. The van der Waals surface area contributed by atoms with E-state index >= 15 is 0 Å². The van der Waals surface area contributed by atoms with Crippen LogP contribution in [-0.4, -0.2) is 8.77 Å². The van der Waals surface area contributed by atoms with Crippen molar-refractivity contribution in [2.24, 2.45) is 7.05 Å². The minimum Gasteiger partial charge on any atom is -0.241 e. The van der Waals surface area contributed by atoms with Crippen molar-refractivity contribution in [3.8, 4) is 11.3 Å². The molecule has 20 heavy (non-hydrogen) atoms. The summed E-state index contributed by atoms with van der Waals surface area (Å²) in [6.45, 7) is 2.14. The van der Waals surface area contributed by atoms with Gasteiger partial charge in [0.25, 0.3) is 0 Å². The van der Waals surface area contributed by atoms with Gasteiger partial charge < -0.3 is 0 Å². The third kappa shape index (κ3) is 1.58. The van der Waals surface area contributed by atoms with Crippen molar-refractivity contribution >= 4 is 28.2 Å². The summed E-state index contributed by atoms with van der Waals surface area (Å²) in [5, 5.41) is 2.07. The van der Waals surface area contributed by atoms with Crippen molar-refractivity contribution in [3.05, 3.63) is 53.5 Å². The molecule has 98 valence electrons. The van der Waals surface area contributed by atoms with E-state index in [-0.39, 0.29) is 0 Å². The molecule has 4 aromatic rings. The van der Waals surface area contributed by atoms with Crippen LogP contribution in [0.5, 0.6) is 0 Å². The lowest BCUT2D eigenvalue weighted by Gasteiger charge is -2.03. The van der Waals surface area contributed by atoms with Crippen LogP contribution in [0.2, 0.25) is 0 Å². The largest absolute Gasteiger partial charge is 0.241 e. The number of pyridine rings is 1. The molecule has 0 saturated carbocycles. The number of benzene rings is 1. The van der Waals surface area contributed by atoms with Crippen LogP contribution >= 0.6 is 11.5 Å². The fraction of sp³-hybridized carbons (Fsp3) is 0.125. The Morgan fingerprint density at radius 2 is 2.05 bits per heavy atom. The van der Waals surface area contributed by atoms with Gasteiger partial charge in [-0.3, -0.25) is 0 Å². The summed E-state index contributed by atoms with van der Waals surface area (Å²) in [4.78, 5) is 4.69. The van der Waals surface area contributed by atoms with Gasteiger partial charge in [0.05, 0.1) is 0 Å². The maximum atomic E-state index is 4.69. The first-order chi connectivity index (χ1) is 9.74. The quantitative estimate of drug-likeness (QED) is 0.490. The Morgan fingerprint density at radius 3 is 2.90 bits per heavy atom. The van der Waals surface area contributed by atoms with Crippen molar-refractivity contribution in [1.29, 1.82) is 0 Å². The SMILES string of the molecule is Cc1ccccc1-c1cc2nc3ccsn3c2c[n+]1C.